The van der Waals surface area contributed by atoms with E-state index in [2.05, 4.69) is 9.72 Å². The minimum atomic E-state index is -4.33. The Kier molecular flexibility index (Phi) is 2.80. The van der Waals surface area contributed by atoms with Crippen LogP contribution < -0.4 is 4.74 Å². The molecule has 0 saturated carbocycles. The van der Waals surface area contributed by atoms with Gasteiger partial charge in [-0.3, -0.25) is 0 Å². The largest absolute Gasteiger partial charge is 0.457 e. The van der Waals surface area contributed by atoms with E-state index in [1.54, 1.807) is 6.92 Å². The molecule has 0 spiro atoms. The standard InChI is InChI=1S/C7H8F3NOS/c1-4-3-11-6(13-4)12-5(2)7(8,9)10/h3,5H,1-2H3. The van der Waals surface area contributed by atoms with Crippen LogP contribution in [0, 0.1) is 6.92 Å². The molecule has 0 aliphatic heterocycles. The third-order valence-corrected chi connectivity index (χ3v) is 2.14. The van der Waals surface area contributed by atoms with Crippen molar-refractivity contribution in [2.45, 2.75) is 26.1 Å². The van der Waals surface area contributed by atoms with Crippen molar-refractivity contribution in [1.82, 2.24) is 4.98 Å². The molecule has 0 fully saturated rings. The molecule has 1 aromatic heterocycles. The van der Waals surface area contributed by atoms with Crippen molar-refractivity contribution in [3.05, 3.63) is 11.1 Å². The van der Waals surface area contributed by atoms with Crippen LogP contribution >= 0.6 is 11.3 Å². The molecule has 0 radical (unpaired) electrons. The van der Waals surface area contributed by atoms with Crippen LogP contribution in [-0.4, -0.2) is 17.3 Å². The average molecular weight is 211 g/mol. The molecule has 0 aliphatic rings. The number of aromatic nitrogens is 1. The van der Waals surface area contributed by atoms with E-state index >= 15 is 0 Å². The van der Waals surface area contributed by atoms with Gasteiger partial charge in [-0.1, -0.05) is 11.3 Å². The first-order valence-electron chi connectivity index (χ1n) is 3.55. The van der Waals surface area contributed by atoms with Crippen molar-refractivity contribution in [2.24, 2.45) is 0 Å². The Morgan fingerprint density at radius 1 is 1.54 bits per heavy atom. The monoisotopic (exact) mass is 211 g/mol. The van der Waals surface area contributed by atoms with Crippen molar-refractivity contribution in [2.75, 3.05) is 0 Å². The highest BCUT2D eigenvalue weighted by atomic mass is 32.1. The van der Waals surface area contributed by atoms with E-state index in [4.69, 9.17) is 0 Å². The van der Waals surface area contributed by atoms with E-state index in [9.17, 15) is 13.2 Å². The number of hydrogen-bond donors (Lipinski definition) is 0. The van der Waals surface area contributed by atoms with Gasteiger partial charge in [0.15, 0.2) is 6.10 Å². The predicted octanol–water partition coefficient (Wildman–Crippen LogP) is 2.78. The zero-order chi connectivity index (χ0) is 10.1. The van der Waals surface area contributed by atoms with Crippen LogP contribution in [-0.2, 0) is 0 Å². The molecular formula is C7H8F3NOS. The van der Waals surface area contributed by atoms with Crippen LogP contribution in [0.25, 0.3) is 0 Å². The summed E-state index contributed by atoms with van der Waals surface area (Å²) in [4.78, 5) is 4.49. The smallest absolute Gasteiger partial charge is 0.425 e. The fourth-order valence-electron chi connectivity index (χ4n) is 0.607. The summed E-state index contributed by atoms with van der Waals surface area (Å²) in [6.07, 6.45) is -4.67. The maximum Gasteiger partial charge on any atom is 0.425 e. The van der Waals surface area contributed by atoms with E-state index in [0.717, 1.165) is 23.1 Å². The summed E-state index contributed by atoms with van der Waals surface area (Å²) < 4.78 is 40.6. The SMILES string of the molecule is Cc1cnc(OC(C)C(F)(F)F)s1. The first kappa shape index (κ1) is 10.3. The van der Waals surface area contributed by atoms with Gasteiger partial charge in [0.25, 0.3) is 5.19 Å². The van der Waals surface area contributed by atoms with Gasteiger partial charge in [0.2, 0.25) is 0 Å². The molecule has 1 aromatic rings. The molecule has 1 rings (SSSR count). The van der Waals surface area contributed by atoms with Crippen LogP contribution in [0.3, 0.4) is 0 Å². The van der Waals surface area contributed by atoms with Gasteiger partial charge >= 0.3 is 6.18 Å². The summed E-state index contributed by atoms with van der Waals surface area (Å²) in [6.45, 7) is 2.71. The fourth-order valence-corrected chi connectivity index (χ4v) is 1.29. The quantitative estimate of drug-likeness (QED) is 0.750. The number of rotatable bonds is 2. The summed E-state index contributed by atoms with van der Waals surface area (Å²) in [7, 11) is 0. The van der Waals surface area contributed by atoms with E-state index in [1.165, 1.54) is 6.20 Å². The first-order chi connectivity index (χ1) is 5.89. The molecule has 0 saturated heterocycles. The van der Waals surface area contributed by atoms with Gasteiger partial charge in [0, 0.05) is 11.1 Å². The van der Waals surface area contributed by atoms with Gasteiger partial charge in [0.1, 0.15) is 0 Å². The minimum absolute atomic E-state index is 0.0577. The lowest BCUT2D eigenvalue weighted by Crippen LogP contribution is -2.31. The first-order valence-corrected chi connectivity index (χ1v) is 4.37. The number of thiazole rings is 1. The number of ether oxygens (including phenoxy) is 1. The van der Waals surface area contributed by atoms with Crippen molar-refractivity contribution < 1.29 is 17.9 Å². The fraction of sp³-hybridized carbons (Fsp3) is 0.571. The van der Waals surface area contributed by atoms with Crippen LogP contribution in [0.2, 0.25) is 0 Å². The summed E-state index contributed by atoms with van der Waals surface area (Å²) in [5.41, 5.74) is 0. The Bertz CT molecular complexity index is 284. The molecule has 74 valence electrons. The summed E-state index contributed by atoms with van der Waals surface area (Å²) in [6, 6.07) is 0. The third-order valence-electron chi connectivity index (χ3n) is 1.34. The van der Waals surface area contributed by atoms with Crippen molar-refractivity contribution in [3.63, 3.8) is 0 Å². The number of halogens is 3. The molecule has 2 nitrogen and oxygen atoms in total. The van der Waals surface area contributed by atoms with Gasteiger partial charge in [-0.25, -0.2) is 4.98 Å². The number of nitrogens with zero attached hydrogens (tertiary/aromatic N) is 1. The van der Waals surface area contributed by atoms with Crippen LogP contribution in [0.15, 0.2) is 6.20 Å². The molecule has 1 heterocycles. The van der Waals surface area contributed by atoms with Crippen molar-refractivity contribution in [3.8, 4) is 5.19 Å². The number of aryl methyl sites for hydroxylation is 1. The third kappa shape index (κ3) is 2.87. The summed E-state index contributed by atoms with van der Waals surface area (Å²) in [5, 5.41) is 0.0577. The lowest BCUT2D eigenvalue weighted by molar-refractivity contribution is -0.189. The Morgan fingerprint density at radius 2 is 2.15 bits per heavy atom. The van der Waals surface area contributed by atoms with Gasteiger partial charge in [-0.15, -0.1) is 0 Å². The van der Waals surface area contributed by atoms with E-state index in [0.29, 0.717) is 0 Å². The summed E-state index contributed by atoms with van der Waals surface area (Å²) >= 11 is 1.10. The van der Waals surface area contributed by atoms with E-state index < -0.39 is 12.3 Å². The molecule has 13 heavy (non-hydrogen) atoms. The molecule has 0 bridgehead atoms. The minimum Gasteiger partial charge on any atom is -0.457 e. The molecule has 0 amide bonds. The normalized spacial score (nSPS) is 14.2. The van der Waals surface area contributed by atoms with Gasteiger partial charge in [-0.05, 0) is 13.8 Å². The molecular weight excluding hydrogens is 203 g/mol. The Labute approximate surface area is 77.4 Å². The number of alkyl halides is 3. The second kappa shape index (κ2) is 3.53. The molecule has 0 aliphatic carbocycles. The second-order valence-corrected chi connectivity index (χ2v) is 3.74. The number of hydrogen-bond acceptors (Lipinski definition) is 3. The van der Waals surface area contributed by atoms with Crippen LogP contribution in [0.4, 0.5) is 13.2 Å². The topological polar surface area (TPSA) is 22.1 Å². The lowest BCUT2D eigenvalue weighted by Gasteiger charge is -2.14. The van der Waals surface area contributed by atoms with Gasteiger partial charge < -0.3 is 4.74 Å². The lowest BCUT2D eigenvalue weighted by atomic mass is 10.4. The van der Waals surface area contributed by atoms with Crippen molar-refractivity contribution >= 4 is 11.3 Å². The molecule has 1 atom stereocenters. The maximum atomic E-state index is 12.0. The van der Waals surface area contributed by atoms with Crippen molar-refractivity contribution in [1.29, 1.82) is 0 Å². The predicted molar refractivity (Wildman–Crippen MR) is 43.0 cm³/mol. The summed E-state index contributed by atoms with van der Waals surface area (Å²) in [5.74, 6) is 0. The van der Waals surface area contributed by atoms with Crippen LogP contribution in [0.1, 0.15) is 11.8 Å². The van der Waals surface area contributed by atoms with Gasteiger partial charge in [-0.2, -0.15) is 13.2 Å². The van der Waals surface area contributed by atoms with Crippen LogP contribution in [0.5, 0.6) is 5.19 Å². The zero-order valence-corrected chi connectivity index (χ0v) is 7.87. The van der Waals surface area contributed by atoms with E-state index in [-0.39, 0.29) is 5.19 Å². The zero-order valence-electron chi connectivity index (χ0n) is 7.05. The molecule has 6 heteroatoms. The molecule has 1 unspecified atom stereocenters. The van der Waals surface area contributed by atoms with Gasteiger partial charge in [0.05, 0.1) is 0 Å². The highest BCUT2D eigenvalue weighted by Gasteiger charge is 2.38. The Balaban J connectivity index is 2.60. The second-order valence-electron chi connectivity index (χ2n) is 2.54. The highest BCUT2D eigenvalue weighted by molar-refractivity contribution is 7.13. The highest BCUT2D eigenvalue weighted by Crippen LogP contribution is 2.27. The molecule has 0 aromatic carbocycles. The maximum absolute atomic E-state index is 12.0. The Morgan fingerprint density at radius 3 is 2.54 bits per heavy atom. The van der Waals surface area contributed by atoms with E-state index in [1.807, 2.05) is 0 Å². The average Bonchev–Trinajstić information content (AvgIpc) is 2.33. The Hall–Kier alpha value is -0.780. The molecule has 0 N–H and O–H groups in total.